The molecule has 1 saturated heterocycles. The van der Waals surface area contributed by atoms with E-state index in [0.717, 1.165) is 0 Å². The smallest absolute Gasteiger partial charge is 0.311 e. The summed E-state index contributed by atoms with van der Waals surface area (Å²) in [6.45, 7) is 5.37. The molecule has 13 heavy (non-hydrogen) atoms. The Kier molecular flexibility index (Phi) is 2.63. The minimum Gasteiger partial charge on any atom is -0.469 e. The van der Waals surface area contributed by atoms with Gasteiger partial charge in [-0.05, 0) is 13.8 Å². The minimum absolute atomic E-state index is 0.0117. The summed E-state index contributed by atoms with van der Waals surface area (Å²) >= 11 is 0. The van der Waals surface area contributed by atoms with Gasteiger partial charge >= 0.3 is 5.97 Å². The maximum Gasteiger partial charge on any atom is 0.311 e. The van der Waals surface area contributed by atoms with Crippen molar-refractivity contribution in [3.63, 3.8) is 0 Å². The monoisotopic (exact) mass is 181 g/mol. The number of carbonyl (C=O) groups excluding carboxylic acids is 1. The molecule has 1 heterocycles. The normalized spacial score (nSPS) is 18.9. The molecule has 0 bridgehead atoms. The molecule has 0 unspecified atom stereocenters. The quantitative estimate of drug-likeness (QED) is 0.459. The fourth-order valence-corrected chi connectivity index (χ4v) is 1.34. The standard InChI is InChI=1S/C10H15NO2/c1-5-10(2,3)11-6-8(7-11)9(12)13-4/h1,8H,6-7H2,2-4H3. The zero-order valence-corrected chi connectivity index (χ0v) is 8.33. The lowest BCUT2D eigenvalue weighted by Gasteiger charge is -2.45. The molecule has 72 valence electrons. The molecule has 3 heteroatoms. The van der Waals surface area contributed by atoms with Crippen LogP contribution in [0.5, 0.6) is 0 Å². The summed E-state index contributed by atoms with van der Waals surface area (Å²) in [4.78, 5) is 13.1. The molecule has 0 saturated carbocycles. The van der Waals surface area contributed by atoms with Crippen LogP contribution in [0.3, 0.4) is 0 Å². The first-order chi connectivity index (χ1) is 6.01. The van der Waals surface area contributed by atoms with Crippen molar-refractivity contribution in [1.82, 2.24) is 4.90 Å². The number of hydrogen-bond acceptors (Lipinski definition) is 3. The first-order valence-corrected chi connectivity index (χ1v) is 4.32. The highest BCUT2D eigenvalue weighted by atomic mass is 16.5. The number of methoxy groups -OCH3 is 1. The predicted octanol–water partition coefficient (Wildman–Crippen LogP) is 0.503. The van der Waals surface area contributed by atoms with Crippen molar-refractivity contribution in [3.8, 4) is 12.3 Å². The Labute approximate surface area is 79.1 Å². The maximum absolute atomic E-state index is 11.1. The van der Waals surface area contributed by atoms with Crippen molar-refractivity contribution in [2.45, 2.75) is 19.4 Å². The fraction of sp³-hybridized carbons (Fsp3) is 0.700. The molecule has 0 aromatic rings. The van der Waals surface area contributed by atoms with Gasteiger partial charge < -0.3 is 4.74 Å². The lowest BCUT2D eigenvalue weighted by molar-refractivity contribution is -0.153. The average molecular weight is 181 g/mol. The van der Waals surface area contributed by atoms with Gasteiger partial charge in [0.2, 0.25) is 0 Å². The molecule has 0 atom stereocenters. The lowest BCUT2D eigenvalue weighted by Crippen LogP contribution is -2.58. The van der Waals surface area contributed by atoms with Crippen molar-refractivity contribution in [1.29, 1.82) is 0 Å². The van der Waals surface area contributed by atoms with Crippen LogP contribution in [-0.4, -0.2) is 36.6 Å². The molecule has 1 rings (SSSR count). The Bertz CT molecular complexity index is 246. The highest BCUT2D eigenvalue weighted by Crippen LogP contribution is 2.25. The summed E-state index contributed by atoms with van der Waals surface area (Å²) in [6, 6.07) is 0. The molecular weight excluding hydrogens is 166 g/mol. The summed E-state index contributed by atoms with van der Waals surface area (Å²) in [5, 5.41) is 0. The van der Waals surface area contributed by atoms with Crippen molar-refractivity contribution in [3.05, 3.63) is 0 Å². The molecular formula is C10H15NO2. The minimum atomic E-state index is -0.246. The van der Waals surface area contributed by atoms with Gasteiger partial charge in [-0.15, -0.1) is 6.42 Å². The van der Waals surface area contributed by atoms with Crippen LogP contribution in [0.15, 0.2) is 0 Å². The summed E-state index contributed by atoms with van der Waals surface area (Å²) < 4.78 is 4.63. The van der Waals surface area contributed by atoms with E-state index in [4.69, 9.17) is 6.42 Å². The van der Waals surface area contributed by atoms with Crippen LogP contribution in [0.2, 0.25) is 0 Å². The predicted molar refractivity (Wildman–Crippen MR) is 50.0 cm³/mol. The first kappa shape index (κ1) is 10.1. The van der Waals surface area contributed by atoms with E-state index in [9.17, 15) is 4.79 Å². The molecule has 0 amide bonds. The van der Waals surface area contributed by atoms with E-state index in [2.05, 4.69) is 15.6 Å². The Hall–Kier alpha value is -1.01. The second kappa shape index (κ2) is 3.39. The average Bonchev–Trinajstić information content (AvgIpc) is 2.01. The number of hydrogen-bond donors (Lipinski definition) is 0. The second-order valence-corrected chi connectivity index (χ2v) is 3.83. The molecule has 0 radical (unpaired) electrons. The first-order valence-electron chi connectivity index (χ1n) is 4.32. The van der Waals surface area contributed by atoms with E-state index in [-0.39, 0.29) is 17.4 Å². The number of terminal acetylenes is 1. The number of nitrogens with zero attached hydrogens (tertiary/aromatic N) is 1. The van der Waals surface area contributed by atoms with Crippen molar-refractivity contribution >= 4 is 5.97 Å². The Balaban J connectivity index is 2.43. The molecule has 0 aromatic heterocycles. The molecule has 1 aliphatic rings. The van der Waals surface area contributed by atoms with Crippen molar-refractivity contribution < 1.29 is 9.53 Å². The van der Waals surface area contributed by atoms with E-state index in [1.54, 1.807) is 0 Å². The van der Waals surface area contributed by atoms with Gasteiger partial charge in [-0.2, -0.15) is 0 Å². The summed E-state index contributed by atoms with van der Waals surface area (Å²) in [5.74, 6) is 2.57. The number of esters is 1. The van der Waals surface area contributed by atoms with Crippen LogP contribution in [0.1, 0.15) is 13.8 Å². The third-order valence-electron chi connectivity index (χ3n) is 2.56. The maximum atomic E-state index is 11.1. The Morgan fingerprint density at radius 2 is 2.15 bits per heavy atom. The highest BCUT2D eigenvalue weighted by molar-refractivity contribution is 5.73. The van der Waals surface area contributed by atoms with Crippen LogP contribution in [0, 0.1) is 18.3 Å². The van der Waals surface area contributed by atoms with Crippen LogP contribution >= 0.6 is 0 Å². The van der Waals surface area contributed by atoms with Gasteiger partial charge in [0.15, 0.2) is 0 Å². The molecule has 1 aliphatic heterocycles. The van der Waals surface area contributed by atoms with Gasteiger partial charge in [0.25, 0.3) is 0 Å². The lowest BCUT2D eigenvalue weighted by atomic mass is 9.92. The summed E-state index contributed by atoms with van der Waals surface area (Å²) in [5.41, 5.74) is -0.246. The number of rotatable bonds is 2. The van der Waals surface area contributed by atoms with E-state index in [1.807, 2.05) is 13.8 Å². The van der Waals surface area contributed by atoms with Crippen LogP contribution in [0.4, 0.5) is 0 Å². The fourth-order valence-electron chi connectivity index (χ4n) is 1.34. The molecule has 0 aromatic carbocycles. The van der Waals surface area contributed by atoms with Gasteiger partial charge in [0.05, 0.1) is 18.6 Å². The number of carbonyl (C=O) groups is 1. The third-order valence-corrected chi connectivity index (χ3v) is 2.56. The Morgan fingerprint density at radius 1 is 1.62 bits per heavy atom. The summed E-state index contributed by atoms with van der Waals surface area (Å²) in [6.07, 6.45) is 5.36. The van der Waals surface area contributed by atoms with Gasteiger partial charge in [-0.25, -0.2) is 0 Å². The molecule has 1 fully saturated rings. The van der Waals surface area contributed by atoms with Crippen LogP contribution in [0.25, 0.3) is 0 Å². The zero-order chi connectivity index (χ0) is 10.1. The van der Waals surface area contributed by atoms with Gasteiger partial charge in [-0.3, -0.25) is 9.69 Å². The molecule has 0 aliphatic carbocycles. The molecule has 0 spiro atoms. The largest absolute Gasteiger partial charge is 0.469 e. The van der Waals surface area contributed by atoms with Crippen molar-refractivity contribution in [2.24, 2.45) is 5.92 Å². The van der Waals surface area contributed by atoms with E-state index in [1.165, 1.54) is 7.11 Å². The Morgan fingerprint density at radius 3 is 2.54 bits per heavy atom. The highest BCUT2D eigenvalue weighted by Gasteiger charge is 2.40. The molecule has 3 nitrogen and oxygen atoms in total. The van der Waals surface area contributed by atoms with Gasteiger partial charge in [0.1, 0.15) is 0 Å². The van der Waals surface area contributed by atoms with E-state index >= 15 is 0 Å². The third kappa shape index (κ3) is 1.84. The van der Waals surface area contributed by atoms with Crippen LogP contribution < -0.4 is 0 Å². The zero-order valence-electron chi connectivity index (χ0n) is 8.33. The number of ether oxygens (including phenoxy) is 1. The van der Waals surface area contributed by atoms with Gasteiger partial charge in [-0.1, -0.05) is 5.92 Å². The summed E-state index contributed by atoms with van der Waals surface area (Å²) in [7, 11) is 1.41. The van der Waals surface area contributed by atoms with E-state index in [0.29, 0.717) is 13.1 Å². The molecule has 0 N–H and O–H groups in total. The van der Waals surface area contributed by atoms with Crippen LogP contribution in [-0.2, 0) is 9.53 Å². The van der Waals surface area contributed by atoms with E-state index < -0.39 is 0 Å². The SMILES string of the molecule is C#CC(C)(C)N1CC(C(=O)OC)C1. The second-order valence-electron chi connectivity index (χ2n) is 3.83. The van der Waals surface area contributed by atoms with Crippen molar-refractivity contribution in [2.75, 3.05) is 20.2 Å². The topological polar surface area (TPSA) is 29.5 Å². The van der Waals surface area contributed by atoms with Gasteiger partial charge in [0, 0.05) is 13.1 Å². The number of likely N-dealkylation sites (tertiary alicyclic amines) is 1.